The Morgan fingerprint density at radius 2 is 1.72 bits per heavy atom. The van der Waals surface area contributed by atoms with Crippen molar-refractivity contribution in [2.75, 3.05) is 0 Å². The summed E-state index contributed by atoms with van der Waals surface area (Å²) in [5.41, 5.74) is 1.30. The Balaban J connectivity index is 4.62. The molecule has 0 rings (SSSR count). The van der Waals surface area contributed by atoms with Crippen LogP contribution in [0.5, 0.6) is 0 Å². The van der Waals surface area contributed by atoms with Gasteiger partial charge in [0.2, 0.25) is 0 Å². The second-order valence-electron chi connectivity index (χ2n) is 4.70. The molecule has 0 aromatic heterocycles. The summed E-state index contributed by atoms with van der Waals surface area (Å²) in [4.78, 5) is 4.17. The van der Waals surface area contributed by atoms with E-state index in [1.54, 1.807) is 6.20 Å². The van der Waals surface area contributed by atoms with Crippen LogP contribution in [-0.4, -0.2) is 6.21 Å². The maximum Gasteiger partial charge on any atom is 0.0302 e. The van der Waals surface area contributed by atoms with E-state index in [9.17, 15) is 0 Å². The molecule has 0 saturated carbocycles. The highest BCUT2D eigenvalue weighted by Gasteiger charge is 2.11. The molecule has 0 aliphatic rings. The van der Waals surface area contributed by atoms with Crippen molar-refractivity contribution in [2.24, 2.45) is 10.9 Å². The quantitative estimate of drug-likeness (QED) is 0.252. The van der Waals surface area contributed by atoms with Crippen molar-refractivity contribution in [1.82, 2.24) is 0 Å². The molecule has 0 aromatic rings. The van der Waals surface area contributed by atoms with Crippen LogP contribution in [0, 0.1) is 5.92 Å². The number of nitrogens with zero attached hydrogens (tertiary/aromatic N) is 1. The fourth-order valence-corrected chi connectivity index (χ4v) is 2.13. The van der Waals surface area contributed by atoms with Gasteiger partial charge in [-0.3, -0.25) is 4.99 Å². The van der Waals surface area contributed by atoms with Crippen molar-refractivity contribution in [3.05, 3.63) is 37.1 Å². The first-order valence-electron chi connectivity index (χ1n) is 7.26. The van der Waals surface area contributed by atoms with Crippen LogP contribution in [0.3, 0.4) is 0 Å². The molecule has 0 saturated heterocycles. The van der Waals surface area contributed by atoms with E-state index in [2.05, 4.69) is 38.1 Å². The van der Waals surface area contributed by atoms with E-state index in [1.165, 1.54) is 50.5 Å². The third-order valence-corrected chi connectivity index (χ3v) is 3.17. The van der Waals surface area contributed by atoms with E-state index < -0.39 is 0 Å². The summed E-state index contributed by atoms with van der Waals surface area (Å²) in [5.74, 6) is 0.623. The highest BCUT2D eigenvalue weighted by atomic mass is 14.7. The Labute approximate surface area is 113 Å². The molecule has 1 atom stereocenters. The van der Waals surface area contributed by atoms with Crippen LogP contribution >= 0.6 is 0 Å². The van der Waals surface area contributed by atoms with E-state index in [-0.39, 0.29) is 0 Å². The molecule has 0 radical (unpaired) electrons. The van der Waals surface area contributed by atoms with Gasteiger partial charge in [-0.15, -0.1) is 0 Å². The van der Waals surface area contributed by atoms with Crippen LogP contribution < -0.4 is 0 Å². The van der Waals surface area contributed by atoms with Gasteiger partial charge in [-0.1, -0.05) is 71.3 Å². The molecule has 18 heavy (non-hydrogen) atoms. The van der Waals surface area contributed by atoms with Gasteiger partial charge in [0.1, 0.15) is 0 Å². The molecule has 1 heteroatoms. The topological polar surface area (TPSA) is 12.4 Å². The first kappa shape index (κ1) is 16.9. The molecule has 0 fully saturated rings. The summed E-state index contributed by atoms with van der Waals surface area (Å²) in [7, 11) is 0. The molecular weight excluding hydrogens is 218 g/mol. The summed E-state index contributed by atoms with van der Waals surface area (Å²) in [6.07, 6.45) is 16.5. The highest BCUT2D eigenvalue weighted by molar-refractivity contribution is 5.80. The zero-order valence-electron chi connectivity index (χ0n) is 12.2. The summed E-state index contributed by atoms with van der Waals surface area (Å²) >= 11 is 0. The average molecular weight is 247 g/mol. The minimum absolute atomic E-state index is 0.623. The maximum absolute atomic E-state index is 4.17. The van der Waals surface area contributed by atoms with Gasteiger partial charge in [0, 0.05) is 12.4 Å². The van der Waals surface area contributed by atoms with Gasteiger partial charge in [-0.25, -0.2) is 0 Å². The van der Waals surface area contributed by atoms with Gasteiger partial charge < -0.3 is 0 Å². The molecule has 1 unspecified atom stereocenters. The van der Waals surface area contributed by atoms with E-state index in [4.69, 9.17) is 0 Å². The molecule has 102 valence electrons. The largest absolute Gasteiger partial charge is 0.265 e. The molecule has 0 heterocycles. The lowest BCUT2D eigenvalue weighted by molar-refractivity contribution is 0.480. The number of unbranched alkanes of at least 4 members (excludes halogenated alkanes) is 3. The van der Waals surface area contributed by atoms with Crippen LogP contribution in [-0.2, 0) is 0 Å². The Morgan fingerprint density at radius 3 is 2.28 bits per heavy atom. The Bertz CT molecular complexity index is 273. The van der Waals surface area contributed by atoms with Crippen LogP contribution in [0.2, 0.25) is 0 Å². The molecule has 0 aliphatic carbocycles. The monoisotopic (exact) mass is 247 g/mol. The first-order valence-corrected chi connectivity index (χ1v) is 7.26. The van der Waals surface area contributed by atoms with Crippen molar-refractivity contribution in [2.45, 2.75) is 58.8 Å². The highest BCUT2D eigenvalue weighted by Crippen LogP contribution is 2.24. The second kappa shape index (κ2) is 12.3. The summed E-state index contributed by atoms with van der Waals surface area (Å²) < 4.78 is 0. The molecule has 0 aliphatic heterocycles. The predicted octanol–water partition coefficient (Wildman–Crippen LogP) is 5.70. The van der Waals surface area contributed by atoms with Crippen LogP contribution in [0.25, 0.3) is 0 Å². The lowest BCUT2D eigenvalue weighted by Gasteiger charge is -2.17. The Morgan fingerprint density at radius 1 is 1.06 bits per heavy atom. The zero-order chi connectivity index (χ0) is 13.6. The molecule has 1 nitrogen and oxygen atoms in total. The van der Waals surface area contributed by atoms with Crippen LogP contribution in [0.15, 0.2) is 42.1 Å². The van der Waals surface area contributed by atoms with Crippen molar-refractivity contribution in [3.63, 3.8) is 0 Å². The number of hydrogen-bond acceptors (Lipinski definition) is 1. The summed E-state index contributed by atoms with van der Waals surface area (Å²) in [6.45, 7) is 11.9. The molecular formula is C17H29N. The molecule has 0 N–H and O–H groups in total. The van der Waals surface area contributed by atoms with Crippen molar-refractivity contribution in [3.8, 4) is 0 Å². The Hall–Kier alpha value is -1.11. The van der Waals surface area contributed by atoms with E-state index in [1.807, 2.05) is 12.3 Å². The molecule has 0 aromatic carbocycles. The van der Waals surface area contributed by atoms with Gasteiger partial charge in [0.25, 0.3) is 0 Å². The predicted molar refractivity (Wildman–Crippen MR) is 84.1 cm³/mol. The van der Waals surface area contributed by atoms with Crippen LogP contribution in [0.1, 0.15) is 58.8 Å². The van der Waals surface area contributed by atoms with Gasteiger partial charge in [-0.05, 0) is 24.3 Å². The smallest absolute Gasteiger partial charge is 0.0302 e. The lowest BCUT2D eigenvalue weighted by Crippen LogP contribution is -2.06. The summed E-state index contributed by atoms with van der Waals surface area (Å²) in [5, 5.41) is 0. The maximum atomic E-state index is 4.17. The minimum Gasteiger partial charge on any atom is -0.265 e. The third-order valence-electron chi connectivity index (χ3n) is 3.17. The van der Waals surface area contributed by atoms with Crippen molar-refractivity contribution < 1.29 is 0 Å². The van der Waals surface area contributed by atoms with Crippen molar-refractivity contribution in [1.29, 1.82) is 0 Å². The minimum atomic E-state index is 0.623. The van der Waals surface area contributed by atoms with E-state index in [0.717, 1.165) is 0 Å². The Kier molecular flexibility index (Phi) is 11.6. The van der Waals surface area contributed by atoms with E-state index >= 15 is 0 Å². The van der Waals surface area contributed by atoms with Gasteiger partial charge in [0.15, 0.2) is 0 Å². The lowest BCUT2D eigenvalue weighted by atomic mass is 9.88. The fraction of sp³-hybridized carbons (Fsp3) is 0.588. The van der Waals surface area contributed by atoms with Crippen molar-refractivity contribution >= 4 is 6.21 Å². The van der Waals surface area contributed by atoms with E-state index in [0.29, 0.717) is 5.92 Å². The second-order valence-corrected chi connectivity index (χ2v) is 4.70. The zero-order valence-corrected chi connectivity index (χ0v) is 12.2. The van der Waals surface area contributed by atoms with Gasteiger partial charge >= 0.3 is 0 Å². The number of rotatable bonds is 11. The van der Waals surface area contributed by atoms with Gasteiger partial charge in [0.05, 0.1) is 0 Å². The average Bonchev–Trinajstić information content (AvgIpc) is 2.39. The normalized spacial score (nSPS) is 13.8. The first-order chi connectivity index (χ1) is 8.79. The third kappa shape index (κ3) is 8.05. The standard InChI is InChI=1S/C17H29N/c1-5-9-11-14-16(13-10-6-2)17(12-7-3)15-18-8-4/h7-8,12,15-16H,3-6,9-11,13-14H2,1-2H3/b17-12+,18-15-. The molecule has 0 amide bonds. The number of hydrogen-bond donors (Lipinski definition) is 0. The SMILES string of the molecule is C=C/C=C(\C=N/C=C)C(CCCC)CCCCC. The number of allylic oxidation sites excluding steroid dienone is 3. The molecule has 0 bridgehead atoms. The van der Waals surface area contributed by atoms with Gasteiger partial charge in [-0.2, -0.15) is 0 Å². The molecule has 0 spiro atoms. The van der Waals surface area contributed by atoms with Crippen LogP contribution in [0.4, 0.5) is 0 Å². The number of aliphatic imine (C=N–C) groups is 1. The fourth-order valence-electron chi connectivity index (χ4n) is 2.13. The summed E-state index contributed by atoms with van der Waals surface area (Å²) in [6, 6.07) is 0.